The molecule has 2 aromatic heterocycles. The first-order valence-electron chi connectivity index (χ1n) is 8.20. The predicted octanol–water partition coefficient (Wildman–Crippen LogP) is 2.40. The van der Waals surface area contributed by atoms with Gasteiger partial charge in [-0.3, -0.25) is 9.48 Å². The van der Waals surface area contributed by atoms with Gasteiger partial charge in [0, 0.05) is 44.8 Å². The van der Waals surface area contributed by atoms with E-state index in [1.807, 2.05) is 41.0 Å². The average Bonchev–Trinajstić information content (AvgIpc) is 3.13. The Morgan fingerprint density at radius 1 is 1.39 bits per heavy atom. The van der Waals surface area contributed by atoms with E-state index in [-0.39, 0.29) is 11.9 Å². The van der Waals surface area contributed by atoms with Crippen LogP contribution in [-0.2, 0) is 6.54 Å². The molecular weight excluding hydrogens is 290 g/mol. The van der Waals surface area contributed by atoms with E-state index in [1.54, 1.807) is 12.4 Å². The molecule has 0 spiro atoms. The van der Waals surface area contributed by atoms with Crippen LogP contribution in [0.2, 0.25) is 0 Å². The Morgan fingerprint density at radius 3 is 3.00 bits per heavy atom. The van der Waals surface area contributed by atoms with Crippen LogP contribution < -0.4 is 5.32 Å². The van der Waals surface area contributed by atoms with Crippen LogP contribution in [0.15, 0.2) is 36.8 Å². The maximum absolute atomic E-state index is 12.8. The summed E-state index contributed by atoms with van der Waals surface area (Å²) in [5.41, 5.74) is 0.662. The molecule has 2 aromatic rings. The Kier molecular flexibility index (Phi) is 4.90. The summed E-state index contributed by atoms with van der Waals surface area (Å²) in [6.07, 6.45) is 9.68. The topological polar surface area (TPSA) is 63.1 Å². The molecule has 122 valence electrons. The Bertz CT molecular complexity index is 623. The Hall–Kier alpha value is -2.37. The molecule has 1 N–H and O–H groups in total. The molecule has 1 atom stereocenters. The molecule has 1 amide bonds. The number of hydrogen-bond donors (Lipinski definition) is 1. The van der Waals surface area contributed by atoms with E-state index in [0.29, 0.717) is 5.56 Å². The first-order chi connectivity index (χ1) is 11.3. The van der Waals surface area contributed by atoms with Crippen molar-refractivity contribution in [3.8, 4) is 0 Å². The Morgan fingerprint density at radius 2 is 2.30 bits per heavy atom. The van der Waals surface area contributed by atoms with E-state index in [4.69, 9.17) is 0 Å². The van der Waals surface area contributed by atoms with Crippen molar-refractivity contribution in [1.29, 1.82) is 0 Å². The Balaban J connectivity index is 1.67. The smallest absolute Gasteiger partial charge is 0.255 e. The largest absolute Gasteiger partial charge is 0.373 e. The van der Waals surface area contributed by atoms with Crippen LogP contribution >= 0.6 is 0 Å². The molecule has 1 fully saturated rings. The molecule has 1 unspecified atom stereocenters. The highest BCUT2D eigenvalue weighted by atomic mass is 16.2. The lowest BCUT2D eigenvalue weighted by molar-refractivity contribution is 0.0593. The van der Waals surface area contributed by atoms with E-state index < -0.39 is 0 Å². The number of piperidine rings is 1. The summed E-state index contributed by atoms with van der Waals surface area (Å²) >= 11 is 0. The van der Waals surface area contributed by atoms with E-state index in [1.165, 1.54) is 6.42 Å². The fourth-order valence-electron chi connectivity index (χ4n) is 3.12. The number of likely N-dealkylation sites (tertiary alicyclic amines) is 1. The lowest BCUT2D eigenvalue weighted by Crippen LogP contribution is -2.44. The molecule has 1 saturated heterocycles. The van der Waals surface area contributed by atoms with Crippen LogP contribution in [0.1, 0.15) is 36.0 Å². The molecule has 6 heteroatoms. The summed E-state index contributed by atoms with van der Waals surface area (Å²) in [4.78, 5) is 19.1. The number of aromatic nitrogens is 3. The van der Waals surface area contributed by atoms with E-state index in [9.17, 15) is 4.79 Å². The minimum atomic E-state index is 0.0883. The van der Waals surface area contributed by atoms with Gasteiger partial charge in [0.15, 0.2) is 0 Å². The first kappa shape index (κ1) is 15.5. The van der Waals surface area contributed by atoms with Crippen LogP contribution in [0, 0.1) is 0 Å². The summed E-state index contributed by atoms with van der Waals surface area (Å²) in [7, 11) is 1.82. The zero-order valence-electron chi connectivity index (χ0n) is 13.5. The number of hydrogen-bond acceptors (Lipinski definition) is 4. The van der Waals surface area contributed by atoms with Crippen molar-refractivity contribution >= 4 is 11.7 Å². The molecule has 0 aromatic carbocycles. The zero-order valence-corrected chi connectivity index (χ0v) is 13.5. The third kappa shape index (κ3) is 3.70. The SMILES string of the molecule is CNc1ccc(C(=O)N2CCCCC2CCn2cccn2)cn1. The molecule has 23 heavy (non-hydrogen) atoms. The van der Waals surface area contributed by atoms with Crippen molar-refractivity contribution < 1.29 is 4.79 Å². The van der Waals surface area contributed by atoms with E-state index in [2.05, 4.69) is 15.4 Å². The third-order valence-corrected chi connectivity index (χ3v) is 4.41. The number of carbonyl (C=O) groups excluding carboxylic acids is 1. The number of rotatable bonds is 5. The fraction of sp³-hybridized carbons (Fsp3) is 0.471. The van der Waals surface area contributed by atoms with Crippen LogP contribution in [-0.4, -0.2) is 45.2 Å². The minimum absolute atomic E-state index is 0.0883. The normalized spacial score (nSPS) is 18.0. The van der Waals surface area contributed by atoms with Gasteiger partial charge >= 0.3 is 0 Å². The number of nitrogens with one attached hydrogen (secondary N) is 1. The molecule has 0 saturated carbocycles. The van der Waals surface area contributed by atoms with Gasteiger partial charge in [0.25, 0.3) is 5.91 Å². The predicted molar refractivity (Wildman–Crippen MR) is 89.3 cm³/mol. The number of carbonyl (C=O) groups is 1. The lowest BCUT2D eigenvalue weighted by atomic mass is 9.98. The highest BCUT2D eigenvalue weighted by Gasteiger charge is 2.27. The second-order valence-corrected chi connectivity index (χ2v) is 5.89. The van der Waals surface area contributed by atoms with Gasteiger partial charge in [0.1, 0.15) is 5.82 Å². The second-order valence-electron chi connectivity index (χ2n) is 5.89. The van der Waals surface area contributed by atoms with E-state index >= 15 is 0 Å². The minimum Gasteiger partial charge on any atom is -0.373 e. The summed E-state index contributed by atoms with van der Waals surface area (Å²) < 4.78 is 1.93. The highest BCUT2D eigenvalue weighted by molar-refractivity contribution is 5.94. The maximum Gasteiger partial charge on any atom is 0.255 e. The number of nitrogens with zero attached hydrogens (tertiary/aromatic N) is 4. The first-order valence-corrected chi connectivity index (χ1v) is 8.20. The molecular formula is C17H23N5O. The number of anilines is 1. The van der Waals surface area contributed by atoms with Gasteiger partial charge in [0.2, 0.25) is 0 Å². The number of pyridine rings is 1. The van der Waals surface area contributed by atoms with Crippen LogP contribution in [0.4, 0.5) is 5.82 Å². The molecule has 3 heterocycles. The van der Waals surface area contributed by atoms with Gasteiger partial charge in [-0.1, -0.05) is 0 Å². The summed E-state index contributed by atoms with van der Waals surface area (Å²) in [5.74, 6) is 0.862. The highest BCUT2D eigenvalue weighted by Crippen LogP contribution is 2.22. The van der Waals surface area contributed by atoms with Crippen molar-refractivity contribution in [2.24, 2.45) is 0 Å². The van der Waals surface area contributed by atoms with Gasteiger partial charge in [-0.25, -0.2) is 4.98 Å². The van der Waals surface area contributed by atoms with Gasteiger partial charge in [-0.15, -0.1) is 0 Å². The van der Waals surface area contributed by atoms with Crippen LogP contribution in [0.3, 0.4) is 0 Å². The second kappa shape index (κ2) is 7.26. The maximum atomic E-state index is 12.8. The average molecular weight is 313 g/mol. The number of amides is 1. The van der Waals surface area contributed by atoms with Gasteiger partial charge in [0.05, 0.1) is 5.56 Å². The van der Waals surface area contributed by atoms with Crippen LogP contribution in [0.25, 0.3) is 0 Å². The van der Waals surface area contributed by atoms with Crippen molar-refractivity contribution in [3.05, 3.63) is 42.4 Å². The lowest BCUT2D eigenvalue weighted by Gasteiger charge is -2.36. The molecule has 0 aliphatic carbocycles. The van der Waals surface area contributed by atoms with Gasteiger partial charge < -0.3 is 10.2 Å². The quantitative estimate of drug-likeness (QED) is 0.921. The van der Waals surface area contributed by atoms with Crippen molar-refractivity contribution in [2.45, 2.75) is 38.3 Å². The van der Waals surface area contributed by atoms with E-state index in [0.717, 1.165) is 38.2 Å². The van der Waals surface area contributed by atoms with Crippen molar-refractivity contribution in [3.63, 3.8) is 0 Å². The summed E-state index contributed by atoms with van der Waals surface area (Å²) in [5, 5.41) is 7.22. The molecule has 3 rings (SSSR count). The van der Waals surface area contributed by atoms with Gasteiger partial charge in [-0.05, 0) is 43.9 Å². The third-order valence-electron chi connectivity index (χ3n) is 4.41. The molecule has 0 radical (unpaired) electrons. The van der Waals surface area contributed by atoms with Crippen LogP contribution in [0.5, 0.6) is 0 Å². The van der Waals surface area contributed by atoms with Gasteiger partial charge in [-0.2, -0.15) is 5.10 Å². The Labute approximate surface area is 136 Å². The summed E-state index contributed by atoms with van der Waals surface area (Å²) in [6, 6.07) is 5.90. The van der Waals surface area contributed by atoms with Crippen molar-refractivity contribution in [1.82, 2.24) is 19.7 Å². The molecule has 1 aliphatic rings. The van der Waals surface area contributed by atoms with Crippen molar-refractivity contribution in [2.75, 3.05) is 18.9 Å². The fourth-order valence-corrected chi connectivity index (χ4v) is 3.12. The molecule has 0 bridgehead atoms. The molecule has 1 aliphatic heterocycles. The molecule has 6 nitrogen and oxygen atoms in total. The zero-order chi connectivity index (χ0) is 16.1. The number of aryl methyl sites for hydroxylation is 1. The summed E-state index contributed by atoms with van der Waals surface area (Å²) in [6.45, 7) is 1.68. The monoisotopic (exact) mass is 313 g/mol. The standard InChI is InChI=1S/C17H23N5O/c1-18-16-7-6-14(13-19-16)17(23)22-11-3-2-5-15(22)8-12-21-10-4-9-20-21/h4,6-7,9-10,13,15H,2-3,5,8,11-12H2,1H3,(H,18,19).